The van der Waals surface area contributed by atoms with E-state index in [-0.39, 0.29) is 11.7 Å². The Labute approximate surface area is 187 Å². The van der Waals surface area contributed by atoms with Crippen LogP contribution in [-0.4, -0.2) is 41.9 Å². The van der Waals surface area contributed by atoms with Crippen LogP contribution in [-0.2, 0) is 0 Å². The first-order valence-corrected chi connectivity index (χ1v) is 11.2. The molecular formula is C24H28ClN3O3. The standard InChI is InChI=1S/C24H28ClN3O3/c1-16(2)7-10-26-23(30)17-3-6-22(27-15-17)28-11-8-24(9-12-28)14-20(29)19-13-18(25)4-5-21(19)31-24/h3-6,13,15-16H,7-12,14H2,1-2H3,(H,26,30). The Balaban J connectivity index is 1.36. The van der Waals surface area contributed by atoms with E-state index in [1.54, 1.807) is 24.4 Å². The zero-order valence-electron chi connectivity index (χ0n) is 18.0. The summed E-state index contributed by atoms with van der Waals surface area (Å²) in [6, 6.07) is 8.94. The number of benzene rings is 1. The van der Waals surface area contributed by atoms with Crippen LogP contribution in [0.25, 0.3) is 0 Å². The summed E-state index contributed by atoms with van der Waals surface area (Å²) in [5.41, 5.74) is 0.673. The Bertz CT molecular complexity index is 967. The number of rotatable bonds is 5. The number of ketones is 1. The fourth-order valence-corrected chi connectivity index (χ4v) is 4.34. The zero-order chi connectivity index (χ0) is 22.0. The fraction of sp³-hybridized carbons (Fsp3) is 0.458. The number of ether oxygens (including phenoxy) is 1. The Hall–Kier alpha value is -2.60. The molecule has 0 unspecified atom stereocenters. The minimum absolute atomic E-state index is 0.0863. The number of nitrogens with zero attached hydrogens (tertiary/aromatic N) is 2. The maximum atomic E-state index is 12.7. The van der Waals surface area contributed by atoms with Crippen LogP contribution in [0, 0.1) is 5.92 Å². The largest absolute Gasteiger partial charge is 0.486 e. The van der Waals surface area contributed by atoms with Gasteiger partial charge in [-0.1, -0.05) is 25.4 Å². The van der Waals surface area contributed by atoms with E-state index in [2.05, 4.69) is 29.0 Å². The Morgan fingerprint density at radius 2 is 2.03 bits per heavy atom. The molecule has 0 aliphatic carbocycles. The number of piperidine rings is 1. The smallest absolute Gasteiger partial charge is 0.252 e. The normalized spacial score (nSPS) is 17.4. The summed E-state index contributed by atoms with van der Waals surface area (Å²) in [4.78, 5) is 31.6. The molecule has 7 heteroatoms. The minimum atomic E-state index is -0.468. The molecule has 1 fully saturated rings. The number of amides is 1. The van der Waals surface area contributed by atoms with Gasteiger partial charge in [-0.15, -0.1) is 0 Å². The van der Waals surface area contributed by atoms with E-state index in [0.29, 0.717) is 40.8 Å². The first-order chi connectivity index (χ1) is 14.8. The molecule has 0 radical (unpaired) electrons. The number of Topliss-reactive ketones (excluding diaryl/α,β-unsaturated/α-hetero) is 1. The monoisotopic (exact) mass is 441 g/mol. The molecule has 1 spiro atoms. The fourth-order valence-electron chi connectivity index (χ4n) is 4.17. The second-order valence-electron chi connectivity index (χ2n) is 8.86. The number of halogens is 1. The molecule has 31 heavy (non-hydrogen) atoms. The molecule has 2 aromatic rings. The van der Waals surface area contributed by atoms with Gasteiger partial charge in [0.2, 0.25) is 0 Å². The van der Waals surface area contributed by atoms with Gasteiger partial charge >= 0.3 is 0 Å². The minimum Gasteiger partial charge on any atom is -0.486 e. The third-order valence-electron chi connectivity index (χ3n) is 6.07. The van der Waals surface area contributed by atoms with Gasteiger partial charge in [0.15, 0.2) is 5.78 Å². The average Bonchev–Trinajstić information content (AvgIpc) is 2.75. The molecule has 0 atom stereocenters. The summed E-state index contributed by atoms with van der Waals surface area (Å²) in [6.45, 7) is 6.41. The summed E-state index contributed by atoms with van der Waals surface area (Å²) in [7, 11) is 0. The van der Waals surface area contributed by atoms with Gasteiger partial charge in [0.05, 0.1) is 17.5 Å². The lowest BCUT2D eigenvalue weighted by atomic mass is 9.82. The maximum absolute atomic E-state index is 12.7. The molecule has 3 heterocycles. The predicted molar refractivity (Wildman–Crippen MR) is 121 cm³/mol. The van der Waals surface area contributed by atoms with E-state index in [4.69, 9.17) is 16.3 Å². The van der Waals surface area contributed by atoms with Crippen LogP contribution in [0.1, 0.15) is 60.2 Å². The van der Waals surface area contributed by atoms with Crippen molar-refractivity contribution in [2.75, 3.05) is 24.5 Å². The average molecular weight is 442 g/mol. The van der Waals surface area contributed by atoms with E-state index in [1.165, 1.54) is 0 Å². The van der Waals surface area contributed by atoms with Crippen molar-refractivity contribution in [3.8, 4) is 5.75 Å². The first kappa shape index (κ1) is 21.6. The van der Waals surface area contributed by atoms with Crippen LogP contribution < -0.4 is 15.0 Å². The van der Waals surface area contributed by atoms with Crippen LogP contribution in [0.5, 0.6) is 5.75 Å². The van der Waals surface area contributed by atoms with Crippen molar-refractivity contribution in [3.63, 3.8) is 0 Å². The zero-order valence-corrected chi connectivity index (χ0v) is 18.7. The van der Waals surface area contributed by atoms with Gasteiger partial charge < -0.3 is 15.0 Å². The number of hydrogen-bond acceptors (Lipinski definition) is 5. The number of carbonyl (C=O) groups is 2. The molecule has 1 amide bonds. The Kier molecular flexibility index (Phi) is 6.19. The van der Waals surface area contributed by atoms with Crippen molar-refractivity contribution in [2.24, 2.45) is 5.92 Å². The molecule has 1 aromatic heterocycles. The van der Waals surface area contributed by atoms with Crippen LogP contribution in [0.4, 0.5) is 5.82 Å². The third kappa shape index (κ3) is 4.85. The highest BCUT2D eigenvalue weighted by Gasteiger charge is 2.43. The van der Waals surface area contributed by atoms with Gasteiger partial charge in [-0.3, -0.25) is 9.59 Å². The number of carbonyl (C=O) groups excluding carboxylic acids is 2. The van der Waals surface area contributed by atoms with Gasteiger partial charge in [-0.05, 0) is 42.7 Å². The molecule has 1 N–H and O–H groups in total. The number of nitrogens with one attached hydrogen (secondary N) is 1. The van der Waals surface area contributed by atoms with Crippen molar-refractivity contribution >= 4 is 29.1 Å². The van der Waals surface area contributed by atoms with Crippen molar-refractivity contribution in [1.82, 2.24) is 10.3 Å². The van der Waals surface area contributed by atoms with Gasteiger partial charge in [-0.2, -0.15) is 0 Å². The SMILES string of the molecule is CC(C)CCNC(=O)c1ccc(N2CCC3(CC2)CC(=O)c2cc(Cl)ccc2O3)nc1. The van der Waals surface area contributed by atoms with Crippen LogP contribution in [0.3, 0.4) is 0 Å². The van der Waals surface area contributed by atoms with Crippen LogP contribution >= 0.6 is 11.6 Å². The number of fused-ring (bicyclic) bond motifs is 1. The molecule has 164 valence electrons. The van der Waals surface area contributed by atoms with E-state index in [9.17, 15) is 9.59 Å². The maximum Gasteiger partial charge on any atom is 0.252 e. The highest BCUT2D eigenvalue weighted by molar-refractivity contribution is 6.31. The van der Waals surface area contributed by atoms with Crippen LogP contribution in [0.2, 0.25) is 5.02 Å². The quantitative estimate of drug-likeness (QED) is 0.738. The number of aromatic nitrogens is 1. The molecule has 2 aliphatic heterocycles. The second-order valence-corrected chi connectivity index (χ2v) is 9.29. The third-order valence-corrected chi connectivity index (χ3v) is 6.30. The lowest BCUT2D eigenvalue weighted by molar-refractivity contribution is 0.0231. The van der Waals surface area contributed by atoms with Crippen molar-refractivity contribution < 1.29 is 14.3 Å². The predicted octanol–water partition coefficient (Wildman–Crippen LogP) is 4.52. The van der Waals surface area contributed by atoms with Gasteiger partial charge in [0.25, 0.3) is 5.91 Å². The molecule has 6 nitrogen and oxygen atoms in total. The molecule has 0 bridgehead atoms. The van der Waals surface area contributed by atoms with E-state index in [1.807, 2.05) is 12.1 Å². The van der Waals surface area contributed by atoms with Gasteiger partial charge in [-0.25, -0.2) is 4.98 Å². The van der Waals surface area contributed by atoms with Crippen LogP contribution in [0.15, 0.2) is 36.5 Å². The number of anilines is 1. The molecule has 1 aromatic carbocycles. The Morgan fingerprint density at radius 1 is 1.26 bits per heavy atom. The van der Waals surface area contributed by atoms with E-state index >= 15 is 0 Å². The Morgan fingerprint density at radius 3 is 2.71 bits per heavy atom. The highest BCUT2D eigenvalue weighted by Crippen LogP contribution is 2.40. The van der Waals surface area contributed by atoms with Crippen molar-refractivity contribution in [2.45, 2.75) is 45.1 Å². The molecule has 2 aliphatic rings. The first-order valence-electron chi connectivity index (χ1n) is 10.9. The van der Waals surface area contributed by atoms with Crippen molar-refractivity contribution in [1.29, 1.82) is 0 Å². The topological polar surface area (TPSA) is 71.5 Å². The molecular weight excluding hydrogens is 414 g/mol. The number of pyridine rings is 1. The highest BCUT2D eigenvalue weighted by atomic mass is 35.5. The summed E-state index contributed by atoms with van der Waals surface area (Å²) in [5.74, 6) is 2.01. The summed E-state index contributed by atoms with van der Waals surface area (Å²) in [6.07, 6.45) is 4.43. The van der Waals surface area contributed by atoms with Gasteiger partial charge in [0, 0.05) is 43.7 Å². The lowest BCUT2D eigenvalue weighted by Crippen LogP contribution is -2.51. The number of hydrogen-bond donors (Lipinski definition) is 1. The van der Waals surface area contributed by atoms with E-state index < -0.39 is 5.60 Å². The van der Waals surface area contributed by atoms with Crippen molar-refractivity contribution in [3.05, 3.63) is 52.7 Å². The molecule has 0 saturated carbocycles. The second kappa shape index (κ2) is 8.87. The summed E-state index contributed by atoms with van der Waals surface area (Å²) in [5, 5.41) is 3.48. The summed E-state index contributed by atoms with van der Waals surface area (Å²) >= 11 is 6.03. The lowest BCUT2D eigenvalue weighted by Gasteiger charge is -2.44. The molecule has 4 rings (SSSR count). The summed E-state index contributed by atoms with van der Waals surface area (Å²) < 4.78 is 6.30. The van der Waals surface area contributed by atoms with Gasteiger partial charge in [0.1, 0.15) is 17.2 Å². The molecule has 1 saturated heterocycles. The van der Waals surface area contributed by atoms with E-state index in [0.717, 1.165) is 38.2 Å².